The molecule has 2 heterocycles. The maximum Gasteiger partial charge on any atom is 0.410 e. The molecule has 0 atom stereocenters. The SMILES string of the molecule is CC(C)(C)OC(=O)N1CC2CC(COS(C)(=O)=O)(C2)C1. The minimum Gasteiger partial charge on any atom is -0.444 e. The van der Waals surface area contributed by atoms with Gasteiger partial charge in [-0.2, -0.15) is 8.42 Å². The zero-order valence-electron chi connectivity index (χ0n) is 12.5. The Balaban J connectivity index is 1.95. The van der Waals surface area contributed by atoms with E-state index in [-0.39, 0.29) is 18.1 Å². The second-order valence-electron chi connectivity index (χ2n) is 7.10. The van der Waals surface area contributed by atoms with E-state index in [0.29, 0.717) is 19.0 Å². The number of hydrogen-bond donors (Lipinski definition) is 0. The zero-order chi connectivity index (χ0) is 15.2. The van der Waals surface area contributed by atoms with Crippen LogP contribution in [0.3, 0.4) is 0 Å². The number of fused-ring (bicyclic) bond motifs is 2. The predicted molar refractivity (Wildman–Crippen MR) is 73.8 cm³/mol. The van der Waals surface area contributed by atoms with Crippen molar-refractivity contribution in [3.8, 4) is 0 Å². The van der Waals surface area contributed by atoms with E-state index in [0.717, 1.165) is 19.1 Å². The van der Waals surface area contributed by atoms with Gasteiger partial charge in [0.25, 0.3) is 10.1 Å². The fourth-order valence-electron chi connectivity index (χ4n) is 3.07. The van der Waals surface area contributed by atoms with E-state index in [1.165, 1.54) is 0 Å². The van der Waals surface area contributed by atoms with Crippen LogP contribution in [0, 0.1) is 11.3 Å². The van der Waals surface area contributed by atoms with Crippen LogP contribution < -0.4 is 0 Å². The number of amides is 1. The summed E-state index contributed by atoms with van der Waals surface area (Å²) >= 11 is 0. The van der Waals surface area contributed by atoms with Gasteiger partial charge >= 0.3 is 6.09 Å². The molecule has 0 aromatic carbocycles. The molecule has 3 fully saturated rings. The molecule has 1 amide bonds. The zero-order valence-corrected chi connectivity index (χ0v) is 13.3. The molecule has 116 valence electrons. The molecule has 20 heavy (non-hydrogen) atoms. The summed E-state index contributed by atoms with van der Waals surface area (Å²) in [7, 11) is -3.44. The van der Waals surface area contributed by atoms with Gasteiger partial charge in [-0.3, -0.25) is 4.18 Å². The number of hydrogen-bond acceptors (Lipinski definition) is 5. The van der Waals surface area contributed by atoms with Gasteiger partial charge in [0, 0.05) is 18.5 Å². The molecule has 0 unspecified atom stereocenters. The molecule has 3 aliphatic rings. The number of carbonyl (C=O) groups is 1. The average Bonchev–Trinajstić information content (AvgIpc) is 2.22. The highest BCUT2D eigenvalue weighted by Crippen LogP contribution is 2.50. The van der Waals surface area contributed by atoms with Crippen molar-refractivity contribution in [1.82, 2.24) is 4.90 Å². The van der Waals surface area contributed by atoms with Crippen molar-refractivity contribution in [2.75, 3.05) is 26.0 Å². The lowest BCUT2D eigenvalue weighted by molar-refractivity contribution is -0.0862. The predicted octanol–water partition coefficient (Wildman–Crippen LogP) is 1.61. The summed E-state index contributed by atoms with van der Waals surface area (Å²) < 4.78 is 32.5. The average molecular weight is 305 g/mol. The van der Waals surface area contributed by atoms with Crippen molar-refractivity contribution >= 4 is 16.2 Å². The highest BCUT2D eigenvalue weighted by Gasteiger charge is 2.52. The first kappa shape index (κ1) is 15.6. The molecule has 3 rings (SSSR count). The first-order valence-electron chi connectivity index (χ1n) is 6.80. The van der Waals surface area contributed by atoms with Crippen molar-refractivity contribution in [3.05, 3.63) is 0 Å². The second-order valence-corrected chi connectivity index (χ2v) is 8.75. The van der Waals surface area contributed by atoms with Crippen molar-refractivity contribution in [3.63, 3.8) is 0 Å². The number of ether oxygens (including phenoxy) is 1. The Kier molecular flexibility index (Phi) is 3.79. The van der Waals surface area contributed by atoms with Crippen molar-refractivity contribution in [1.29, 1.82) is 0 Å². The van der Waals surface area contributed by atoms with Gasteiger partial charge in [0.05, 0.1) is 12.9 Å². The maximum atomic E-state index is 12.1. The molecule has 1 aliphatic carbocycles. The summed E-state index contributed by atoms with van der Waals surface area (Å²) in [6.45, 7) is 6.85. The first-order valence-corrected chi connectivity index (χ1v) is 8.62. The van der Waals surface area contributed by atoms with Crippen LogP contribution in [0.5, 0.6) is 0 Å². The molecule has 2 aliphatic heterocycles. The summed E-state index contributed by atoms with van der Waals surface area (Å²) in [6.07, 6.45) is 2.56. The lowest BCUT2D eigenvalue weighted by Crippen LogP contribution is -2.60. The Bertz CT molecular complexity index is 487. The Labute approximate surface area is 120 Å². The Morgan fingerprint density at radius 3 is 2.45 bits per heavy atom. The summed E-state index contributed by atoms with van der Waals surface area (Å²) in [5.74, 6) is 0.430. The third kappa shape index (κ3) is 3.85. The summed E-state index contributed by atoms with van der Waals surface area (Å²) in [5, 5.41) is 0. The second kappa shape index (κ2) is 4.87. The fraction of sp³-hybridized carbons (Fsp3) is 0.923. The Morgan fingerprint density at radius 2 is 1.95 bits per heavy atom. The summed E-state index contributed by atoms with van der Waals surface area (Å²) in [4.78, 5) is 13.7. The minimum atomic E-state index is -3.44. The first-order chi connectivity index (χ1) is 8.98. The quantitative estimate of drug-likeness (QED) is 0.741. The van der Waals surface area contributed by atoms with Crippen LogP contribution in [0.15, 0.2) is 0 Å². The van der Waals surface area contributed by atoms with Crippen LogP contribution in [0.2, 0.25) is 0 Å². The lowest BCUT2D eigenvalue weighted by atomic mass is 9.59. The van der Waals surface area contributed by atoms with E-state index in [1.807, 2.05) is 20.8 Å². The number of rotatable bonds is 3. The summed E-state index contributed by atoms with van der Waals surface area (Å²) in [6, 6.07) is 0. The molecule has 0 radical (unpaired) electrons. The molecular weight excluding hydrogens is 282 g/mol. The van der Waals surface area contributed by atoms with Gasteiger partial charge in [0.2, 0.25) is 0 Å². The number of piperidine rings is 2. The largest absolute Gasteiger partial charge is 0.444 e. The van der Waals surface area contributed by atoms with E-state index in [9.17, 15) is 13.2 Å². The molecule has 2 saturated heterocycles. The fourth-order valence-corrected chi connectivity index (χ4v) is 3.53. The van der Waals surface area contributed by atoms with Crippen LogP contribution in [0.1, 0.15) is 33.6 Å². The number of carbonyl (C=O) groups excluding carboxylic acids is 1. The van der Waals surface area contributed by atoms with Crippen LogP contribution in [-0.2, 0) is 19.0 Å². The van der Waals surface area contributed by atoms with Crippen molar-refractivity contribution in [2.45, 2.75) is 39.2 Å². The van der Waals surface area contributed by atoms with Gasteiger partial charge in [-0.05, 0) is 39.5 Å². The maximum absolute atomic E-state index is 12.1. The van der Waals surface area contributed by atoms with Crippen LogP contribution >= 0.6 is 0 Å². The van der Waals surface area contributed by atoms with E-state index in [2.05, 4.69) is 0 Å². The highest BCUT2D eigenvalue weighted by atomic mass is 32.2. The smallest absolute Gasteiger partial charge is 0.410 e. The van der Waals surface area contributed by atoms with E-state index in [4.69, 9.17) is 8.92 Å². The van der Waals surface area contributed by atoms with Crippen LogP contribution in [-0.4, -0.2) is 51.0 Å². The lowest BCUT2D eigenvalue weighted by Gasteiger charge is -2.55. The van der Waals surface area contributed by atoms with Crippen molar-refractivity contribution in [2.24, 2.45) is 11.3 Å². The topological polar surface area (TPSA) is 72.9 Å². The molecule has 0 spiro atoms. The monoisotopic (exact) mass is 305 g/mol. The Hall–Kier alpha value is -0.820. The minimum absolute atomic E-state index is 0.154. The van der Waals surface area contributed by atoms with Gasteiger partial charge in [-0.15, -0.1) is 0 Å². The highest BCUT2D eigenvalue weighted by molar-refractivity contribution is 7.85. The normalized spacial score (nSPS) is 29.8. The third-order valence-corrected chi connectivity index (χ3v) is 4.23. The van der Waals surface area contributed by atoms with Gasteiger partial charge in [-0.25, -0.2) is 4.79 Å². The summed E-state index contributed by atoms with van der Waals surface area (Å²) in [5.41, 5.74) is -0.738. The van der Waals surface area contributed by atoms with Gasteiger partial charge in [0.15, 0.2) is 0 Å². The number of nitrogens with zero attached hydrogens (tertiary/aromatic N) is 1. The molecule has 0 aromatic rings. The van der Waals surface area contributed by atoms with Crippen molar-refractivity contribution < 1.29 is 22.1 Å². The van der Waals surface area contributed by atoms with E-state index < -0.39 is 15.7 Å². The van der Waals surface area contributed by atoms with Crippen LogP contribution in [0.4, 0.5) is 4.79 Å². The van der Waals surface area contributed by atoms with E-state index in [1.54, 1.807) is 4.90 Å². The molecule has 2 bridgehead atoms. The van der Waals surface area contributed by atoms with Gasteiger partial charge in [0.1, 0.15) is 5.60 Å². The molecule has 1 saturated carbocycles. The third-order valence-electron chi connectivity index (χ3n) is 3.68. The van der Waals surface area contributed by atoms with Gasteiger partial charge in [-0.1, -0.05) is 0 Å². The molecule has 7 heteroatoms. The molecule has 0 N–H and O–H groups in total. The standard InChI is InChI=1S/C13H23NO5S/c1-12(2,3)19-11(15)14-7-10-5-13(6-10,8-14)9-18-20(4,16)17/h10H,5-9H2,1-4H3. The Morgan fingerprint density at radius 1 is 1.35 bits per heavy atom. The molecule has 0 aromatic heterocycles. The van der Waals surface area contributed by atoms with E-state index >= 15 is 0 Å². The van der Waals surface area contributed by atoms with Gasteiger partial charge < -0.3 is 9.64 Å². The molecular formula is C13H23NO5S. The molecule has 6 nitrogen and oxygen atoms in total. The van der Waals surface area contributed by atoms with Crippen LogP contribution in [0.25, 0.3) is 0 Å².